The van der Waals surface area contributed by atoms with Crippen molar-refractivity contribution in [2.24, 2.45) is 11.8 Å². The number of hydrogen-bond acceptors (Lipinski definition) is 3. The van der Waals surface area contributed by atoms with Gasteiger partial charge in [-0.2, -0.15) is 0 Å². The molecule has 1 aromatic rings. The second-order valence-electron chi connectivity index (χ2n) is 5.83. The Bertz CT molecular complexity index is 689. The van der Waals surface area contributed by atoms with E-state index in [9.17, 15) is 13.2 Å². The van der Waals surface area contributed by atoms with Gasteiger partial charge in [0.2, 0.25) is 0 Å². The molecule has 0 heterocycles. The molecule has 2 bridgehead atoms. The van der Waals surface area contributed by atoms with Gasteiger partial charge in [-0.1, -0.05) is 18.0 Å². The summed E-state index contributed by atoms with van der Waals surface area (Å²) < 4.78 is 22.7. The Morgan fingerprint density at radius 3 is 2.57 bits per heavy atom. The number of nitrogens with one attached hydrogen (secondary N) is 1. The summed E-state index contributed by atoms with van der Waals surface area (Å²) >= 11 is 6.01. The van der Waals surface area contributed by atoms with Crippen molar-refractivity contribution < 1.29 is 13.2 Å². The lowest BCUT2D eigenvalue weighted by atomic mass is 9.95. The Morgan fingerprint density at radius 2 is 2.00 bits per heavy atom. The monoisotopic (exact) mass is 347 g/mol. The molecule has 1 aromatic carbocycles. The molecule has 2 fully saturated rings. The Hall–Kier alpha value is -0.780. The van der Waals surface area contributed by atoms with Crippen LogP contribution in [0.25, 0.3) is 0 Å². The summed E-state index contributed by atoms with van der Waals surface area (Å²) in [5, 5.41) is 3.21. The van der Waals surface area contributed by atoms with Crippen molar-refractivity contribution in [3.8, 4) is 0 Å². The maximum Gasteiger partial charge on any atom is 0.261 e. The number of fused-ring (bicyclic) bond motifs is 2. The van der Waals surface area contributed by atoms with Crippen LogP contribution in [0.2, 0.25) is 5.02 Å². The van der Waals surface area contributed by atoms with Gasteiger partial charge in [-0.05, 0) is 49.3 Å². The molecule has 2 saturated carbocycles. The van der Waals surface area contributed by atoms with E-state index in [1.807, 2.05) is 0 Å². The van der Waals surface area contributed by atoms with Crippen molar-refractivity contribution in [3.05, 3.63) is 28.8 Å². The third-order valence-corrected chi connectivity index (χ3v) is 6.20. The first-order valence-electron chi connectivity index (χ1n) is 6.89. The van der Waals surface area contributed by atoms with Crippen LogP contribution in [0.4, 0.5) is 0 Å². The fourth-order valence-corrected chi connectivity index (χ4v) is 4.48. The quantitative estimate of drug-likeness (QED) is 0.854. The van der Waals surface area contributed by atoms with Gasteiger partial charge < -0.3 is 5.32 Å². The molecule has 2 aliphatic carbocycles. The molecule has 1 amide bonds. The first-order chi connectivity index (χ1) is 9.84. The highest BCUT2D eigenvalue weighted by Crippen LogP contribution is 2.44. The molecule has 0 aliphatic heterocycles. The third-order valence-electron chi connectivity index (χ3n) is 4.52. The van der Waals surface area contributed by atoms with Crippen molar-refractivity contribution >= 4 is 37.2 Å². The van der Waals surface area contributed by atoms with Gasteiger partial charge in [-0.15, -0.1) is 0 Å². The molecule has 114 valence electrons. The molecule has 2 aliphatic rings. The summed E-state index contributed by atoms with van der Waals surface area (Å²) in [5.74, 6) is 0.919. The lowest BCUT2D eigenvalue weighted by molar-refractivity contribution is 0.0923. The fraction of sp³-hybridized carbons (Fsp3) is 0.500. The molecule has 0 saturated heterocycles. The van der Waals surface area contributed by atoms with Gasteiger partial charge in [0.1, 0.15) is 0 Å². The van der Waals surface area contributed by atoms with Gasteiger partial charge >= 0.3 is 0 Å². The molecular formula is C14H15Cl2NO3S. The summed E-state index contributed by atoms with van der Waals surface area (Å²) in [4.78, 5) is 12.2. The van der Waals surface area contributed by atoms with Crippen LogP contribution >= 0.6 is 22.3 Å². The second-order valence-corrected chi connectivity index (χ2v) is 8.81. The molecule has 3 rings (SSSR count). The van der Waals surface area contributed by atoms with Crippen LogP contribution in [0.1, 0.15) is 36.0 Å². The van der Waals surface area contributed by atoms with Crippen molar-refractivity contribution in [2.75, 3.05) is 0 Å². The highest BCUT2D eigenvalue weighted by Gasteiger charge is 2.40. The summed E-state index contributed by atoms with van der Waals surface area (Å²) in [7, 11) is 1.43. The summed E-state index contributed by atoms with van der Waals surface area (Å²) in [6, 6.07) is 4.07. The summed E-state index contributed by atoms with van der Waals surface area (Å²) in [6.07, 6.45) is 4.58. The molecule has 21 heavy (non-hydrogen) atoms. The normalized spacial score (nSPS) is 27.8. The third kappa shape index (κ3) is 3.05. The standard InChI is InChI=1S/C14H15Cl2NO3S/c15-12-4-3-10(21(16,19)20)7-11(12)14(18)17-13-6-8-1-2-9(13)5-8/h3-4,7-9,13H,1-2,5-6H2,(H,17,18). The van der Waals surface area contributed by atoms with E-state index in [4.69, 9.17) is 22.3 Å². The molecule has 0 spiro atoms. The van der Waals surface area contributed by atoms with Gasteiger partial charge in [0.15, 0.2) is 0 Å². The molecule has 3 atom stereocenters. The summed E-state index contributed by atoms with van der Waals surface area (Å²) in [5.41, 5.74) is 0.154. The van der Waals surface area contributed by atoms with E-state index in [1.165, 1.54) is 31.0 Å². The van der Waals surface area contributed by atoms with Crippen molar-refractivity contribution in [2.45, 2.75) is 36.6 Å². The van der Waals surface area contributed by atoms with Gasteiger partial charge in [0.25, 0.3) is 15.0 Å². The van der Waals surface area contributed by atoms with Crippen LogP contribution in [-0.4, -0.2) is 20.4 Å². The number of halogens is 2. The van der Waals surface area contributed by atoms with Gasteiger partial charge in [-0.3, -0.25) is 4.79 Å². The van der Waals surface area contributed by atoms with E-state index < -0.39 is 9.05 Å². The minimum Gasteiger partial charge on any atom is -0.349 e. The number of carbonyl (C=O) groups is 1. The van der Waals surface area contributed by atoms with Crippen LogP contribution in [0.15, 0.2) is 23.1 Å². The van der Waals surface area contributed by atoms with Crippen LogP contribution in [-0.2, 0) is 9.05 Å². The second kappa shape index (κ2) is 5.45. The molecule has 0 aromatic heterocycles. The maximum absolute atomic E-state index is 12.3. The van der Waals surface area contributed by atoms with Crippen molar-refractivity contribution in [3.63, 3.8) is 0 Å². The topological polar surface area (TPSA) is 63.2 Å². The molecule has 3 unspecified atom stereocenters. The van der Waals surface area contributed by atoms with E-state index in [0.29, 0.717) is 11.8 Å². The first kappa shape index (κ1) is 15.1. The fourth-order valence-electron chi connectivity index (χ4n) is 3.50. The number of hydrogen-bond donors (Lipinski definition) is 1. The maximum atomic E-state index is 12.3. The Morgan fingerprint density at radius 1 is 1.24 bits per heavy atom. The zero-order chi connectivity index (χ0) is 15.2. The highest BCUT2D eigenvalue weighted by atomic mass is 35.7. The zero-order valence-corrected chi connectivity index (χ0v) is 13.5. The van der Waals surface area contributed by atoms with Gasteiger partial charge in [0.05, 0.1) is 15.5 Å². The highest BCUT2D eigenvalue weighted by molar-refractivity contribution is 8.13. The average molecular weight is 348 g/mol. The Labute approximate surface area is 133 Å². The predicted octanol–water partition coefficient (Wildman–Crippen LogP) is 3.19. The van der Waals surface area contributed by atoms with Crippen LogP contribution in [0, 0.1) is 11.8 Å². The Balaban J connectivity index is 1.81. The lowest BCUT2D eigenvalue weighted by Gasteiger charge is -2.23. The Kier molecular flexibility index (Phi) is 3.93. The minimum absolute atomic E-state index is 0.119. The number of carbonyl (C=O) groups excluding carboxylic acids is 1. The molecule has 1 N–H and O–H groups in total. The summed E-state index contributed by atoms with van der Waals surface area (Å²) in [6.45, 7) is 0. The minimum atomic E-state index is -3.88. The first-order valence-corrected chi connectivity index (χ1v) is 9.58. The van der Waals surface area contributed by atoms with Crippen molar-refractivity contribution in [1.82, 2.24) is 5.32 Å². The molecule has 0 radical (unpaired) electrons. The molecule has 7 heteroatoms. The molecular weight excluding hydrogens is 333 g/mol. The van der Waals surface area contributed by atoms with Crippen LogP contribution < -0.4 is 5.32 Å². The average Bonchev–Trinajstić information content (AvgIpc) is 2.99. The largest absolute Gasteiger partial charge is 0.349 e. The zero-order valence-electron chi connectivity index (χ0n) is 11.2. The smallest absolute Gasteiger partial charge is 0.261 e. The van der Waals surface area contributed by atoms with Crippen molar-refractivity contribution in [1.29, 1.82) is 0 Å². The van der Waals surface area contributed by atoms with E-state index in [1.54, 1.807) is 0 Å². The van der Waals surface area contributed by atoms with Gasteiger partial charge in [0, 0.05) is 16.7 Å². The number of amides is 1. The van der Waals surface area contributed by atoms with Gasteiger partial charge in [-0.25, -0.2) is 8.42 Å². The van der Waals surface area contributed by atoms with E-state index in [-0.39, 0.29) is 27.4 Å². The van der Waals surface area contributed by atoms with Crippen LogP contribution in [0.3, 0.4) is 0 Å². The number of rotatable bonds is 3. The lowest BCUT2D eigenvalue weighted by Crippen LogP contribution is -2.38. The van der Waals surface area contributed by atoms with E-state index in [2.05, 4.69) is 5.32 Å². The SMILES string of the molecule is O=C(NC1CC2CCC1C2)c1cc(S(=O)(=O)Cl)ccc1Cl. The molecule has 4 nitrogen and oxygen atoms in total. The number of benzene rings is 1. The predicted molar refractivity (Wildman–Crippen MR) is 81.2 cm³/mol. The van der Waals surface area contributed by atoms with E-state index >= 15 is 0 Å². The van der Waals surface area contributed by atoms with Crippen LogP contribution in [0.5, 0.6) is 0 Å². The van der Waals surface area contributed by atoms with E-state index in [0.717, 1.165) is 12.8 Å².